The van der Waals surface area contributed by atoms with Crippen LogP contribution in [-0.2, 0) is 0 Å². The molecule has 0 amide bonds. The Morgan fingerprint density at radius 1 is 0.921 bits per heavy atom. The van der Waals surface area contributed by atoms with E-state index in [1.165, 1.54) is 13.3 Å². The summed E-state index contributed by atoms with van der Waals surface area (Å²) in [5, 5.41) is 48.2. The number of fused-ring (bicyclic) bond motifs is 2. The Morgan fingerprint density at radius 2 is 1.61 bits per heavy atom. The summed E-state index contributed by atoms with van der Waals surface area (Å²) in [5.74, 6) is -0.0867. The number of amidine groups is 1. The number of methoxy groups -OCH3 is 1. The van der Waals surface area contributed by atoms with E-state index in [4.69, 9.17) is 4.74 Å². The molecule has 192 valence electrons. The Hall–Kier alpha value is -5.87. The Morgan fingerprint density at radius 3 is 2.18 bits per heavy atom. The zero-order valence-electron chi connectivity index (χ0n) is 19.1. The first-order chi connectivity index (χ1) is 18.1. The number of benzene rings is 2. The maximum absolute atomic E-state index is 12.1. The molecule has 38 heavy (non-hydrogen) atoms. The second-order valence-corrected chi connectivity index (χ2v) is 8.04. The molecule has 17 nitrogen and oxygen atoms in total. The standard InChI is InChI=1S/C21H14N8O9/c1-38-13-2-3-16-14(7-13)15(9-22-16)19-17(28(34)35)8-18(29(36)37)21-23-20(24-25(19)21)10-4-11(26(30)31)6-12(5-10)27(32)33/h2-9,19,22H,1H3,(H,23,24). The fourth-order valence-corrected chi connectivity index (χ4v) is 4.27. The van der Waals surface area contributed by atoms with E-state index < -0.39 is 48.5 Å². The molecule has 0 fully saturated rings. The van der Waals surface area contributed by atoms with Crippen LogP contribution < -0.4 is 10.2 Å². The zero-order valence-corrected chi connectivity index (χ0v) is 19.1. The minimum atomic E-state index is -1.26. The monoisotopic (exact) mass is 522 g/mol. The van der Waals surface area contributed by atoms with Gasteiger partial charge >= 0.3 is 5.70 Å². The van der Waals surface area contributed by atoms with Gasteiger partial charge in [0.15, 0.2) is 11.9 Å². The van der Waals surface area contributed by atoms with Crippen LogP contribution in [0.5, 0.6) is 5.75 Å². The number of hydrogen-bond donors (Lipinski definition) is 2. The molecular weight excluding hydrogens is 508 g/mol. The van der Waals surface area contributed by atoms with Crippen molar-refractivity contribution in [3.63, 3.8) is 0 Å². The predicted molar refractivity (Wildman–Crippen MR) is 128 cm³/mol. The summed E-state index contributed by atoms with van der Waals surface area (Å²) in [6, 6.07) is 6.48. The molecule has 1 atom stereocenters. The maximum atomic E-state index is 12.1. The summed E-state index contributed by atoms with van der Waals surface area (Å²) in [7, 11) is 1.45. The quantitative estimate of drug-likeness (QED) is 0.339. The molecule has 17 heteroatoms. The Balaban J connectivity index is 1.70. The van der Waals surface area contributed by atoms with E-state index in [0.29, 0.717) is 22.2 Å². The summed E-state index contributed by atoms with van der Waals surface area (Å²) in [6.45, 7) is 0. The third kappa shape index (κ3) is 3.79. The third-order valence-corrected chi connectivity index (χ3v) is 5.94. The van der Waals surface area contributed by atoms with Gasteiger partial charge in [0.25, 0.3) is 17.1 Å². The average molecular weight is 522 g/mol. The number of nitro benzene ring substituents is 2. The number of allylic oxidation sites excluding steroid dienone is 1. The second kappa shape index (κ2) is 8.66. The van der Waals surface area contributed by atoms with Crippen molar-refractivity contribution in [2.75, 3.05) is 7.11 Å². The highest BCUT2D eigenvalue weighted by Gasteiger charge is 2.47. The molecule has 0 aliphatic carbocycles. The van der Waals surface area contributed by atoms with Crippen LogP contribution in [0.2, 0.25) is 0 Å². The first-order valence-electron chi connectivity index (χ1n) is 10.6. The molecule has 0 bridgehead atoms. The van der Waals surface area contributed by atoms with E-state index in [1.54, 1.807) is 18.2 Å². The van der Waals surface area contributed by atoms with Gasteiger partial charge in [0.2, 0.25) is 5.82 Å². The van der Waals surface area contributed by atoms with Crippen LogP contribution in [0.15, 0.2) is 70.9 Å². The number of nitrogens with one attached hydrogen (secondary N) is 2. The Labute approximate surface area is 209 Å². The lowest BCUT2D eigenvalue weighted by atomic mass is 9.99. The van der Waals surface area contributed by atoms with Crippen LogP contribution in [0, 0.1) is 40.5 Å². The third-order valence-electron chi connectivity index (χ3n) is 5.94. The largest absolute Gasteiger partial charge is 0.497 e. The van der Waals surface area contributed by atoms with Crippen LogP contribution in [0.25, 0.3) is 10.9 Å². The molecule has 2 aromatic carbocycles. The number of rotatable bonds is 7. The first kappa shape index (κ1) is 23.9. The van der Waals surface area contributed by atoms with Gasteiger partial charge in [-0.25, -0.2) is 10.0 Å². The number of nitro groups is 4. The molecule has 1 unspecified atom stereocenters. The van der Waals surface area contributed by atoms with Gasteiger partial charge in [0, 0.05) is 40.4 Å². The van der Waals surface area contributed by atoms with Crippen molar-refractivity contribution < 1.29 is 24.4 Å². The zero-order chi connectivity index (χ0) is 27.3. The molecule has 0 saturated heterocycles. The smallest absolute Gasteiger partial charge is 0.319 e. The number of hydrogen-bond acceptors (Lipinski definition) is 12. The van der Waals surface area contributed by atoms with E-state index >= 15 is 0 Å². The average Bonchev–Trinajstić information content (AvgIpc) is 3.51. The van der Waals surface area contributed by atoms with Crippen molar-refractivity contribution in [3.8, 4) is 5.75 Å². The van der Waals surface area contributed by atoms with Crippen LogP contribution in [0.4, 0.5) is 11.4 Å². The van der Waals surface area contributed by atoms with E-state index in [9.17, 15) is 40.5 Å². The van der Waals surface area contributed by atoms with Gasteiger partial charge in [-0.05, 0) is 18.2 Å². The molecule has 2 aliphatic heterocycles. The fraction of sp³-hybridized carbons (Fsp3) is 0.0952. The lowest BCUT2D eigenvalue weighted by molar-refractivity contribution is -0.445. The van der Waals surface area contributed by atoms with Crippen molar-refractivity contribution in [3.05, 3.63) is 117 Å². The van der Waals surface area contributed by atoms with Gasteiger partial charge in [-0.2, -0.15) is 0 Å². The molecule has 3 aromatic rings. The summed E-state index contributed by atoms with van der Waals surface area (Å²) >= 11 is 0. The Bertz CT molecular complexity index is 1640. The molecule has 1 aromatic heterocycles. The van der Waals surface area contributed by atoms with Crippen molar-refractivity contribution >= 4 is 28.1 Å². The molecule has 2 aliphatic rings. The van der Waals surface area contributed by atoms with Crippen LogP contribution in [-0.4, -0.2) is 42.6 Å². The predicted octanol–water partition coefficient (Wildman–Crippen LogP) is 2.92. The minimum Gasteiger partial charge on any atom is -0.497 e. The van der Waals surface area contributed by atoms with E-state index in [0.717, 1.165) is 29.3 Å². The van der Waals surface area contributed by atoms with Gasteiger partial charge in [-0.15, -0.1) is 0 Å². The SMILES string of the molecule is COc1ccc2[nH]cc(C3C([N+](=O)[O-])=CC([N+](=O)[O-])=C4N=C(c5cc([N+](=O)[O-])cc([N+](=O)[O-])c5)NN43)c2c1. The van der Waals surface area contributed by atoms with Crippen LogP contribution in [0.3, 0.4) is 0 Å². The fourth-order valence-electron chi connectivity index (χ4n) is 4.27. The number of aliphatic imine (C=N–C) groups is 1. The number of non-ortho nitro benzene ring substituents is 2. The van der Waals surface area contributed by atoms with Crippen molar-refractivity contribution in [2.24, 2.45) is 4.99 Å². The van der Waals surface area contributed by atoms with Crippen LogP contribution in [0.1, 0.15) is 17.2 Å². The van der Waals surface area contributed by atoms with Gasteiger partial charge in [0.05, 0.1) is 38.9 Å². The number of aromatic nitrogens is 1. The molecule has 5 rings (SSSR count). The maximum Gasteiger partial charge on any atom is 0.319 e. The number of H-pyrrole nitrogens is 1. The Kier molecular flexibility index (Phi) is 5.43. The summed E-state index contributed by atoms with van der Waals surface area (Å²) in [4.78, 5) is 50.5. The summed E-state index contributed by atoms with van der Waals surface area (Å²) in [6.07, 6.45) is 2.29. The highest BCUT2D eigenvalue weighted by atomic mass is 16.6. The molecule has 0 saturated carbocycles. The molecule has 0 spiro atoms. The van der Waals surface area contributed by atoms with Gasteiger partial charge in [-0.1, -0.05) is 0 Å². The highest BCUT2D eigenvalue weighted by Crippen LogP contribution is 2.42. The molecule has 0 radical (unpaired) electrons. The van der Waals surface area contributed by atoms with Crippen molar-refractivity contribution in [1.82, 2.24) is 15.4 Å². The number of nitrogens with zero attached hydrogens (tertiary/aromatic N) is 6. The number of ether oxygens (including phenoxy) is 1. The molecule has 2 N–H and O–H groups in total. The van der Waals surface area contributed by atoms with Crippen LogP contribution >= 0.6 is 0 Å². The van der Waals surface area contributed by atoms with Gasteiger partial charge < -0.3 is 9.72 Å². The lowest BCUT2D eigenvalue weighted by Gasteiger charge is -2.29. The highest BCUT2D eigenvalue weighted by molar-refractivity contribution is 6.01. The second-order valence-electron chi connectivity index (χ2n) is 8.04. The van der Waals surface area contributed by atoms with E-state index in [2.05, 4.69) is 15.4 Å². The number of aromatic amines is 1. The summed E-state index contributed by atoms with van der Waals surface area (Å²) < 4.78 is 5.26. The minimum absolute atomic E-state index is 0.127. The molecule has 3 heterocycles. The first-order valence-corrected chi connectivity index (χ1v) is 10.6. The van der Waals surface area contributed by atoms with Gasteiger partial charge in [-0.3, -0.25) is 45.9 Å². The van der Waals surface area contributed by atoms with Crippen molar-refractivity contribution in [2.45, 2.75) is 6.04 Å². The normalized spacial score (nSPS) is 16.4. The van der Waals surface area contributed by atoms with Gasteiger partial charge in [0.1, 0.15) is 5.75 Å². The van der Waals surface area contributed by atoms with E-state index in [1.807, 2.05) is 0 Å². The van der Waals surface area contributed by atoms with Crippen molar-refractivity contribution in [1.29, 1.82) is 0 Å². The lowest BCUT2D eigenvalue weighted by Crippen LogP contribution is -2.42. The molecular formula is C21H14N8O9. The van der Waals surface area contributed by atoms with E-state index in [-0.39, 0.29) is 17.2 Å². The topological polar surface area (TPSA) is 225 Å². The number of hydrazine groups is 1. The summed E-state index contributed by atoms with van der Waals surface area (Å²) in [5.41, 5.74) is 1.04.